The number of benzene rings is 4. The van der Waals surface area contributed by atoms with Crippen LogP contribution in [-0.4, -0.2) is 10.7 Å². The second kappa shape index (κ2) is 17.9. The summed E-state index contributed by atoms with van der Waals surface area (Å²) in [5.41, 5.74) is -14.3. The Morgan fingerprint density at radius 1 is 0.373 bits per heavy atom. The van der Waals surface area contributed by atoms with Crippen molar-refractivity contribution >= 4 is 28.0 Å². The normalized spacial score (nSPS) is 11.7. The van der Waals surface area contributed by atoms with Crippen LogP contribution in [0.3, 0.4) is 0 Å². The fourth-order valence-corrected chi connectivity index (χ4v) is 6.58. The number of aromatic nitrogens is 2. The molecule has 0 amide bonds. The second-order valence-corrected chi connectivity index (χ2v) is 12.9. The topological polar surface area (TPSA) is 8.81 Å². The largest absolute Gasteiger partial charge is 0.243 e. The third-order valence-corrected chi connectivity index (χ3v) is 9.30. The fourth-order valence-electron chi connectivity index (χ4n) is 6.58. The lowest BCUT2D eigenvalue weighted by Crippen LogP contribution is -2.81. The molecule has 5 aromatic rings. The molecule has 0 aliphatic carbocycles. The summed E-state index contributed by atoms with van der Waals surface area (Å²) < 4.78 is 298. The zero-order chi connectivity index (χ0) is 44.6. The van der Waals surface area contributed by atoms with Crippen LogP contribution >= 0.6 is 0 Å². The molecule has 0 radical (unpaired) electrons. The zero-order valence-corrected chi connectivity index (χ0v) is 29.7. The van der Waals surface area contributed by atoms with Crippen LogP contribution in [0.1, 0.15) is 45.4 Å². The van der Waals surface area contributed by atoms with Crippen molar-refractivity contribution in [2.45, 2.75) is 52.0 Å². The lowest BCUT2D eigenvalue weighted by atomic mass is 9.12. The predicted octanol–water partition coefficient (Wildman–Crippen LogP) is 8.52. The first-order valence-electron chi connectivity index (χ1n) is 16.8. The van der Waals surface area contributed by atoms with E-state index in [1.807, 2.05) is 0 Å². The number of hydrogen-bond donors (Lipinski definition) is 0. The van der Waals surface area contributed by atoms with Crippen molar-refractivity contribution in [3.05, 3.63) is 135 Å². The van der Waals surface area contributed by atoms with Crippen molar-refractivity contribution < 1.29 is 92.4 Å². The Kier molecular flexibility index (Phi) is 14.1. The van der Waals surface area contributed by atoms with E-state index in [2.05, 4.69) is 41.8 Å². The first-order chi connectivity index (χ1) is 27.5. The zero-order valence-electron chi connectivity index (χ0n) is 29.7. The maximum absolute atomic E-state index is 15.4. The molecule has 0 aliphatic heterocycles. The third-order valence-electron chi connectivity index (χ3n) is 9.30. The van der Waals surface area contributed by atoms with Gasteiger partial charge < -0.3 is 0 Å². The maximum Gasteiger partial charge on any atom is 0.243 e. The van der Waals surface area contributed by atoms with Crippen LogP contribution < -0.4 is 26.4 Å². The molecule has 59 heavy (non-hydrogen) atoms. The molecule has 5 rings (SSSR count). The van der Waals surface area contributed by atoms with E-state index in [4.69, 9.17) is 0 Å². The van der Waals surface area contributed by atoms with E-state index in [0.717, 1.165) is 0 Å². The van der Waals surface area contributed by atoms with Crippen LogP contribution in [0.15, 0.2) is 18.7 Å². The van der Waals surface area contributed by atoms with Gasteiger partial charge in [-0.05, 0) is 12.8 Å². The summed E-state index contributed by atoms with van der Waals surface area (Å²) >= 11 is 0. The van der Waals surface area contributed by atoms with Gasteiger partial charge in [-0.1, -0.05) is 32.6 Å². The summed E-state index contributed by atoms with van der Waals surface area (Å²) in [5, 5.41) is 0. The molecule has 1 aromatic heterocycles. The Balaban J connectivity index is 0.000000464. The van der Waals surface area contributed by atoms with Crippen LogP contribution in [0.25, 0.3) is 0 Å². The van der Waals surface area contributed by atoms with Crippen LogP contribution in [0.2, 0.25) is 0 Å². The van der Waals surface area contributed by atoms with Crippen LogP contribution in [0.4, 0.5) is 87.8 Å². The Morgan fingerprint density at radius 3 is 0.847 bits per heavy atom. The molecule has 0 aliphatic rings. The van der Waals surface area contributed by atoms with Crippen molar-refractivity contribution in [3.8, 4) is 0 Å². The van der Waals surface area contributed by atoms with Crippen LogP contribution in [0.5, 0.6) is 0 Å². The molecule has 320 valence electrons. The van der Waals surface area contributed by atoms with Gasteiger partial charge >= 0.3 is 0 Å². The monoisotopic (exact) mass is 874 g/mol. The smallest absolute Gasteiger partial charge is 0.240 e. The third kappa shape index (κ3) is 7.83. The number of aryl methyl sites for hydroxylation is 2. The molecule has 4 aromatic carbocycles. The summed E-state index contributed by atoms with van der Waals surface area (Å²) in [4.78, 5) is 0. The minimum Gasteiger partial charge on any atom is -0.240 e. The summed E-state index contributed by atoms with van der Waals surface area (Å²) in [7, 11) is 2.07. The average Bonchev–Trinajstić information content (AvgIpc) is 3.63. The molecule has 0 unspecified atom stereocenters. The minimum atomic E-state index is -7.22. The highest BCUT2D eigenvalue weighted by molar-refractivity contribution is 7.20. The molecule has 23 heteroatoms. The Hall–Kier alpha value is -5.25. The number of nitrogens with zero attached hydrogens (tertiary/aromatic N) is 2. The van der Waals surface area contributed by atoms with Gasteiger partial charge in [0, 0.05) is 0 Å². The first-order valence-corrected chi connectivity index (χ1v) is 16.8. The average molecular weight is 874 g/mol. The molecule has 0 bridgehead atoms. The molecule has 0 fully saturated rings. The highest BCUT2D eigenvalue weighted by atomic mass is 19.2. The van der Waals surface area contributed by atoms with Gasteiger partial charge in [-0.15, -0.1) is 21.9 Å². The minimum absolute atomic E-state index is 1.17. The number of imidazole rings is 1. The van der Waals surface area contributed by atoms with Gasteiger partial charge in [0.15, 0.2) is 69.8 Å². The highest BCUT2D eigenvalue weighted by Crippen LogP contribution is 2.30. The molecular weight excluding hydrogens is 851 g/mol. The maximum atomic E-state index is 15.4. The van der Waals surface area contributed by atoms with Gasteiger partial charge in [-0.3, -0.25) is 0 Å². The fraction of sp³-hybridized carbons (Fsp3) is 0.250. The Bertz CT molecular complexity index is 2030. The first kappa shape index (κ1) is 46.4. The predicted molar refractivity (Wildman–Crippen MR) is 168 cm³/mol. The van der Waals surface area contributed by atoms with Crippen LogP contribution in [-0.2, 0) is 13.6 Å². The number of unbranched alkanes of at least 4 members (excludes halogenated alkanes) is 5. The molecular formula is C36H23BF20N2. The van der Waals surface area contributed by atoms with Crippen molar-refractivity contribution in [3.63, 3.8) is 0 Å². The van der Waals surface area contributed by atoms with Gasteiger partial charge in [0.25, 0.3) is 0 Å². The highest BCUT2D eigenvalue weighted by Gasteiger charge is 2.52. The molecule has 0 N–H and O–H groups in total. The van der Waals surface area contributed by atoms with E-state index in [1.54, 1.807) is 0 Å². The summed E-state index contributed by atoms with van der Waals surface area (Å²) in [6.07, 6.45) is 7.42. The molecule has 1 heterocycles. The van der Waals surface area contributed by atoms with Gasteiger partial charge in [0.1, 0.15) is 65.1 Å². The Labute approximate surface area is 319 Å². The lowest BCUT2D eigenvalue weighted by molar-refractivity contribution is -0.671. The van der Waals surface area contributed by atoms with Crippen LogP contribution in [0, 0.1) is 116 Å². The van der Waals surface area contributed by atoms with Crippen molar-refractivity contribution in [1.82, 2.24) is 4.57 Å². The SMILES string of the molecule is CCCCCCCCn1cc[n+](C)c1.Fc1c(F)c(F)c([B-](c2c(F)c(F)c(F)c(F)c2F)(c2c(F)c(F)c(F)c(F)c2F)c2c(F)c(F)c(F)c(F)c2F)c(F)c1F. The van der Waals surface area contributed by atoms with Crippen molar-refractivity contribution in [2.24, 2.45) is 7.05 Å². The van der Waals surface area contributed by atoms with Gasteiger partial charge in [0.05, 0.1) is 13.6 Å². The number of halogens is 20. The molecule has 0 spiro atoms. The van der Waals surface area contributed by atoms with E-state index in [9.17, 15) is 52.7 Å². The molecule has 0 saturated heterocycles. The lowest BCUT2D eigenvalue weighted by Gasteiger charge is -2.44. The summed E-state index contributed by atoms with van der Waals surface area (Å²) in [6.45, 7) is 3.44. The Morgan fingerprint density at radius 2 is 0.610 bits per heavy atom. The number of hydrogen-bond acceptors (Lipinski definition) is 0. The number of rotatable bonds is 11. The summed E-state index contributed by atoms with van der Waals surface area (Å²) in [5.74, 6) is -71.4. The molecule has 2 nitrogen and oxygen atoms in total. The molecule has 0 atom stereocenters. The van der Waals surface area contributed by atoms with E-state index < -0.39 is 144 Å². The van der Waals surface area contributed by atoms with E-state index >= 15 is 35.1 Å². The van der Waals surface area contributed by atoms with Crippen molar-refractivity contribution in [2.75, 3.05) is 0 Å². The van der Waals surface area contributed by atoms with Gasteiger partial charge in [-0.2, -0.15) is 0 Å². The van der Waals surface area contributed by atoms with Gasteiger partial charge in [0.2, 0.25) is 6.33 Å². The molecule has 0 saturated carbocycles. The van der Waals surface area contributed by atoms with Crippen molar-refractivity contribution in [1.29, 1.82) is 0 Å². The second-order valence-electron chi connectivity index (χ2n) is 12.9. The standard InChI is InChI=1S/C24BF20.C12H23N2/c26-5-1(6(27)14(35)21(42)13(5)34)25(2-7(28)15(36)22(43)16(37)8(2)29,3-9(30)17(38)23(44)18(39)10(3)31)4-11(32)19(40)24(45)20(41)12(4)33;1-3-4-5-6-7-8-9-14-11-10-13(2)12-14/h;10-12H,3-9H2,1-2H3/q-1;+1. The van der Waals surface area contributed by atoms with E-state index in [1.165, 1.54) is 45.1 Å². The van der Waals surface area contributed by atoms with Gasteiger partial charge in [-0.25, -0.2) is 96.9 Å². The summed E-state index contributed by atoms with van der Waals surface area (Å²) in [6, 6.07) is 0. The van der Waals surface area contributed by atoms with E-state index in [-0.39, 0.29) is 0 Å². The quantitative estimate of drug-likeness (QED) is 0.0315. The van der Waals surface area contributed by atoms with E-state index in [0.29, 0.717) is 0 Å².